The summed E-state index contributed by atoms with van der Waals surface area (Å²) in [7, 11) is -1.07. The van der Waals surface area contributed by atoms with Crippen LogP contribution in [0.2, 0.25) is 0 Å². The normalized spacial score (nSPS) is 12.9. The van der Waals surface area contributed by atoms with Crippen LogP contribution in [0.25, 0.3) is 0 Å². The summed E-state index contributed by atoms with van der Waals surface area (Å²) in [5.41, 5.74) is 5.90. The molecule has 1 rings (SSSR count). The highest BCUT2D eigenvalue weighted by atomic mass is 32.2. The van der Waals surface area contributed by atoms with Crippen LogP contribution in [0.15, 0.2) is 23.4 Å². The molecular formula is C13H19N3OS. The maximum atomic E-state index is 12.0. The minimum Gasteiger partial charge on any atom is -0.396 e. The van der Waals surface area contributed by atoms with E-state index in [1.807, 2.05) is 13.8 Å². The van der Waals surface area contributed by atoms with Gasteiger partial charge in [-0.05, 0) is 32.8 Å². The minimum absolute atomic E-state index is 0.294. The Labute approximate surface area is 111 Å². The van der Waals surface area contributed by atoms with Crippen LogP contribution in [0.4, 0.5) is 5.69 Å². The van der Waals surface area contributed by atoms with Gasteiger partial charge in [-0.2, -0.15) is 5.26 Å². The van der Waals surface area contributed by atoms with E-state index in [0.717, 1.165) is 19.3 Å². The Kier molecular flexibility index (Phi) is 5.29. The van der Waals surface area contributed by atoms with Gasteiger partial charge in [-0.3, -0.25) is 9.19 Å². The molecule has 4 nitrogen and oxygen atoms in total. The third-order valence-electron chi connectivity index (χ3n) is 2.74. The van der Waals surface area contributed by atoms with Gasteiger partial charge in [0.2, 0.25) is 0 Å². The SMILES string of the molecule is CC(C)(C#N)CCCCS(=O)c1ccncc1N. The Bertz CT molecular complexity index is 466. The van der Waals surface area contributed by atoms with E-state index in [2.05, 4.69) is 11.1 Å². The summed E-state index contributed by atoms with van der Waals surface area (Å²) in [6.45, 7) is 3.84. The predicted molar refractivity (Wildman–Crippen MR) is 73.2 cm³/mol. The number of nitrogens with zero attached hydrogens (tertiary/aromatic N) is 2. The van der Waals surface area contributed by atoms with Crippen molar-refractivity contribution in [2.45, 2.75) is 38.0 Å². The predicted octanol–water partition coefficient (Wildman–Crippen LogP) is 2.49. The second kappa shape index (κ2) is 6.50. The molecule has 18 heavy (non-hydrogen) atoms. The van der Waals surface area contributed by atoms with Crippen molar-refractivity contribution in [2.24, 2.45) is 5.41 Å². The number of unbranched alkanes of at least 4 members (excludes halogenated alkanes) is 1. The van der Waals surface area contributed by atoms with Crippen molar-refractivity contribution in [3.05, 3.63) is 18.5 Å². The number of hydrogen-bond acceptors (Lipinski definition) is 4. The highest BCUT2D eigenvalue weighted by Gasteiger charge is 2.16. The van der Waals surface area contributed by atoms with Gasteiger partial charge in [0, 0.05) is 11.9 Å². The molecule has 0 aliphatic rings. The smallest absolute Gasteiger partial charge is 0.0683 e. The fourth-order valence-electron chi connectivity index (χ4n) is 1.57. The fraction of sp³-hybridized carbons (Fsp3) is 0.538. The lowest BCUT2D eigenvalue weighted by Crippen LogP contribution is -2.08. The number of nitrogen functional groups attached to an aromatic ring is 1. The van der Waals surface area contributed by atoms with Gasteiger partial charge in [0.05, 0.1) is 39.1 Å². The second-order valence-electron chi connectivity index (χ2n) is 4.92. The standard InChI is InChI=1S/C13H19N3OS/c1-13(2,10-14)6-3-4-8-18(17)12-5-7-16-9-11(12)15/h5,7,9H,3-4,6,8,15H2,1-2H3. The summed E-state index contributed by atoms with van der Waals surface area (Å²) >= 11 is 0. The summed E-state index contributed by atoms with van der Waals surface area (Å²) in [5, 5.41) is 8.88. The van der Waals surface area contributed by atoms with Crippen LogP contribution < -0.4 is 5.73 Å². The van der Waals surface area contributed by atoms with Gasteiger partial charge in [0.15, 0.2) is 0 Å². The van der Waals surface area contributed by atoms with Crippen LogP contribution in [-0.4, -0.2) is 14.9 Å². The van der Waals surface area contributed by atoms with Crippen molar-refractivity contribution >= 4 is 16.5 Å². The van der Waals surface area contributed by atoms with Gasteiger partial charge in [-0.1, -0.05) is 6.42 Å². The number of aromatic nitrogens is 1. The van der Waals surface area contributed by atoms with E-state index in [-0.39, 0.29) is 5.41 Å². The first-order valence-corrected chi connectivity index (χ1v) is 7.27. The van der Waals surface area contributed by atoms with Gasteiger partial charge < -0.3 is 5.73 Å². The van der Waals surface area contributed by atoms with E-state index < -0.39 is 10.8 Å². The second-order valence-corrected chi connectivity index (χ2v) is 6.46. The van der Waals surface area contributed by atoms with Crippen LogP contribution in [0.5, 0.6) is 0 Å². The Balaban J connectivity index is 2.40. The molecule has 1 aromatic heterocycles. The van der Waals surface area contributed by atoms with Gasteiger partial charge in [0.25, 0.3) is 0 Å². The molecule has 1 atom stereocenters. The number of rotatable bonds is 6. The van der Waals surface area contributed by atoms with E-state index in [1.54, 1.807) is 12.3 Å². The van der Waals surface area contributed by atoms with E-state index >= 15 is 0 Å². The quantitative estimate of drug-likeness (QED) is 0.801. The number of anilines is 1. The molecule has 0 fully saturated rings. The molecule has 0 radical (unpaired) electrons. The lowest BCUT2D eigenvalue weighted by atomic mass is 9.89. The van der Waals surface area contributed by atoms with Gasteiger partial charge >= 0.3 is 0 Å². The highest BCUT2D eigenvalue weighted by Crippen LogP contribution is 2.22. The maximum absolute atomic E-state index is 12.0. The lowest BCUT2D eigenvalue weighted by Gasteiger charge is -2.14. The van der Waals surface area contributed by atoms with Crippen molar-refractivity contribution in [1.29, 1.82) is 5.26 Å². The Hall–Kier alpha value is -1.41. The van der Waals surface area contributed by atoms with Crippen molar-refractivity contribution in [3.63, 3.8) is 0 Å². The molecule has 0 bridgehead atoms. The first-order valence-electron chi connectivity index (χ1n) is 5.95. The molecule has 1 aromatic rings. The molecular weight excluding hydrogens is 246 g/mol. The Morgan fingerprint density at radius 2 is 2.22 bits per heavy atom. The number of nitriles is 1. The average Bonchev–Trinajstić information content (AvgIpc) is 2.35. The van der Waals surface area contributed by atoms with Crippen molar-refractivity contribution in [2.75, 3.05) is 11.5 Å². The monoisotopic (exact) mass is 265 g/mol. The molecule has 0 aromatic carbocycles. The average molecular weight is 265 g/mol. The summed E-state index contributed by atoms with van der Waals surface area (Å²) in [6.07, 6.45) is 5.68. The fourth-order valence-corrected chi connectivity index (χ4v) is 2.78. The number of hydrogen-bond donors (Lipinski definition) is 1. The van der Waals surface area contributed by atoms with Gasteiger partial charge in [0.1, 0.15) is 0 Å². The largest absolute Gasteiger partial charge is 0.396 e. The molecule has 1 heterocycles. The minimum atomic E-state index is -1.07. The zero-order valence-electron chi connectivity index (χ0n) is 10.8. The topological polar surface area (TPSA) is 79.8 Å². The molecule has 0 saturated heterocycles. The van der Waals surface area contributed by atoms with Crippen LogP contribution >= 0.6 is 0 Å². The Morgan fingerprint density at radius 3 is 2.83 bits per heavy atom. The summed E-state index contributed by atoms with van der Waals surface area (Å²) < 4.78 is 12.0. The molecule has 5 heteroatoms. The molecule has 0 aliphatic heterocycles. The molecule has 98 valence electrons. The number of nitrogens with two attached hydrogens (primary N) is 1. The zero-order chi connectivity index (χ0) is 13.6. The molecule has 0 amide bonds. The van der Waals surface area contributed by atoms with Crippen molar-refractivity contribution < 1.29 is 4.21 Å². The first-order chi connectivity index (χ1) is 8.46. The molecule has 2 N–H and O–H groups in total. The molecule has 0 saturated carbocycles. The van der Waals surface area contributed by atoms with Gasteiger partial charge in [-0.15, -0.1) is 0 Å². The molecule has 0 spiro atoms. The maximum Gasteiger partial charge on any atom is 0.0683 e. The third kappa shape index (κ3) is 4.46. The summed E-state index contributed by atoms with van der Waals surface area (Å²) in [4.78, 5) is 4.53. The van der Waals surface area contributed by atoms with Gasteiger partial charge in [-0.25, -0.2) is 0 Å². The van der Waals surface area contributed by atoms with E-state index in [0.29, 0.717) is 16.3 Å². The zero-order valence-corrected chi connectivity index (χ0v) is 11.7. The lowest BCUT2D eigenvalue weighted by molar-refractivity contribution is 0.432. The summed E-state index contributed by atoms with van der Waals surface area (Å²) in [5.74, 6) is 0.579. The Morgan fingerprint density at radius 1 is 1.50 bits per heavy atom. The molecule has 1 unspecified atom stereocenters. The van der Waals surface area contributed by atoms with E-state index in [4.69, 9.17) is 11.0 Å². The van der Waals surface area contributed by atoms with Crippen LogP contribution in [0.3, 0.4) is 0 Å². The van der Waals surface area contributed by atoms with E-state index in [9.17, 15) is 4.21 Å². The van der Waals surface area contributed by atoms with Crippen molar-refractivity contribution in [1.82, 2.24) is 4.98 Å². The highest BCUT2D eigenvalue weighted by molar-refractivity contribution is 7.85. The van der Waals surface area contributed by atoms with Crippen LogP contribution in [0.1, 0.15) is 33.1 Å². The van der Waals surface area contributed by atoms with Crippen molar-refractivity contribution in [3.8, 4) is 6.07 Å². The molecule has 0 aliphatic carbocycles. The first kappa shape index (κ1) is 14.7. The summed E-state index contributed by atoms with van der Waals surface area (Å²) in [6, 6.07) is 3.97. The van der Waals surface area contributed by atoms with Crippen LogP contribution in [-0.2, 0) is 10.8 Å². The van der Waals surface area contributed by atoms with E-state index in [1.165, 1.54) is 6.20 Å². The third-order valence-corrected chi connectivity index (χ3v) is 4.26. The number of pyridine rings is 1. The van der Waals surface area contributed by atoms with Crippen LogP contribution in [0, 0.1) is 16.7 Å².